The Morgan fingerprint density at radius 1 is 0.667 bits per heavy atom. The Labute approximate surface area is 142 Å². The molecule has 0 saturated carbocycles. The van der Waals surface area contributed by atoms with E-state index in [1.54, 1.807) is 13.8 Å². The van der Waals surface area contributed by atoms with Gasteiger partial charge in [0.1, 0.15) is 13.2 Å². The summed E-state index contributed by atoms with van der Waals surface area (Å²) in [6.07, 6.45) is 0.774. The predicted molar refractivity (Wildman–Crippen MR) is 92.1 cm³/mol. The Hall–Kier alpha value is -2.62. The van der Waals surface area contributed by atoms with E-state index < -0.39 is 0 Å². The summed E-state index contributed by atoms with van der Waals surface area (Å²) in [5, 5.41) is 0. The molecule has 2 aromatic rings. The first-order chi connectivity index (χ1) is 11.6. The van der Waals surface area contributed by atoms with Crippen molar-refractivity contribution in [2.45, 2.75) is 39.9 Å². The minimum atomic E-state index is -0.196. The average Bonchev–Trinajstić information content (AvgIpc) is 2.65. The lowest BCUT2D eigenvalue weighted by Crippen LogP contribution is -2.02. The molecule has 24 heavy (non-hydrogen) atoms. The summed E-state index contributed by atoms with van der Waals surface area (Å²) in [5.41, 5.74) is 4.09. The molecule has 0 unspecified atom stereocenters. The van der Waals surface area contributed by atoms with Gasteiger partial charge >= 0.3 is 11.9 Å². The summed E-state index contributed by atoms with van der Waals surface area (Å²) in [7, 11) is 0. The smallest absolute Gasteiger partial charge is 0.305 e. The van der Waals surface area contributed by atoms with Gasteiger partial charge in [0.15, 0.2) is 0 Å². The molecular formula is C20H22O4. The van der Waals surface area contributed by atoms with Crippen LogP contribution < -0.4 is 0 Å². The zero-order valence-corrected chi connectivity index (χ0v) is 14.1. The van der Waals surface area contributed by atoms with E-state index in [-0.39, 0.29) is 11.9 Å². The summed E-state index contributed by atoms with van der Waals surface area (Å²) in [4.78, 5) is 22.3. The van der Waals surface area contributed by atoms with Gasteiger partial charge in [-0.3, -0.25) is 9.59 Å². The first kappa shape index (κ1) is 17.7. The van der Waals surface area contributed by atoms with E-state index in [0.29, 0.717) is 26.1 Å². The third kappa shape index (κ3) is 5.23. The number of hydrogen-bond acceptors (Lipinski definition) is 4. The van der Waals surface area contributed by atoms with Gasteiger partial charge in [-0.05, 0) is 22.3 Å². The Balaban J connectivity index is 1.96. The molecule has 0 N–H and O–H groups in total. The van der Waals surface area contributed by atoms with Crippen molar-refractivity contribution in [3.05, 3.63) is 59.7 Å². The highest BCUT2D eigenvalue weighted by molar-refractivity contribution is 5.69. The second-order valence-corrected chi connectivity index (χ2v) is 5.42. The standard InChI is InChI=1S/C20H22O4/c1-3-19(21)23-13-15-5-9-17(10-6-15)18-11-7-16(8-12-18)14-24-20(22)4-2/h5-12H,3-4,13-14H2,1-2H3. The molecule has 0 spiro atoms. The highest BCUT2D eigenvalue weighted by Gasteiger charge is 2.03. The van der Waals surface area contributed by atoms with Gasteiger partial charge in [0.05, 0.1) is 0 Å². The van der Waals surface area contributed by atoms with Crippen LogP contribution in [0.5, 0.6) is 0 Å². The van der Waals surface area contributed by atoms with Crippen LogP contribution in [0.15, 0.2) is 48.5 Å². The molecule has 0 amide bonds. The highest BCUT2D eigenvalue weighted by Crippen LogP contribution is 2.21. The van der Waals surface area contributed by atoms with E-state index >= 15 is 0 Å². The first-order valence-electron chi connectivity index (χ1n) is 8.12. The first-order valence-corrected chi connectivity index (χ1v) is 8.12. The van der Waals surface area contributed by atoms with Crippen molar-refractivity contribution < 1.29 is 19.1 Å². The van der Waals surface area contributed by atoms with Crippen LogP contribution in [0.2, 0.25) is 0 Å². The lowest BCUT2D eigenvalue weighted by atomic mass is 10.0. The Bertz CT molecular complexity index is 610. The fourth-order valence-corrected chi connectivity index (χ4v) is 2.12. The van der Waals surface area contributed by atoms with E-state index in [2.05, 4.69) is 0 Å². The fourth-order valence-electron chi connectivity index (χ4n) is 2.12. The zero-order valence-electron chi connectivity index (χ0n) is 14.1. The van der Waals surface area contributed by atoms with Crippen LogP contribution in [0.3, 0.4) is 0 Å². The van der Waals surface area contributed by atoms with Gasteiger partial charge in [0.2, 0.25) is 0 Å². The fraction of sp³-hybridized carbons (Fsp3) is 0.300. The van der Waals surface area contributed by atoms with Crippen LogP contribution in [0.4, 0.5) is 0 Å². The van der Waals surface area contributed by atoms with E-state index in [4.69, 9.17) is 9.47 Å². The molecule has 0 radical (unpaired) electrons. The number of carbonyl (C=O) groups is 2. The molecule has 0 fully saturated rings. The van der Waals surface area contributed by atoms with Crippen molar-refractivity contribution in [1.82, 2.24) is 0 Å². The van der Waals surface area contributed by atoms with Crippen molar-refractivity contribution in [3.63, 3.8) is 0 Å². The van der Waals surface area contributed by atoms with Gasteiger partial charge in [-0.1, -0.05) is 62.4 Å². The zero-order chi connectivity index (χ0) is 17.4. The Kier molecular flexibility index (Phi) is 6.55. The lowest BCUT2D eigenvalue weighted by molar-refractivity contribution is -0.145. The summed E-state index contributed by atoms with van der Waals surface area (Å²) >= 11 is 0. The second kappa shape index (κ2) is 8.87. The average molecular weight is 326 g/mol. The van der Waals surface area contributed by atoms with Crippen molar-refractivity contribution >= 4 is 11.9 Å². The van der Waals surface area contributed by atoms with Crippen molar-refractivity contribution in [1.29, 1.82) is 0 Å². The van der Waals surface area contributed by atoms with Gasteiger partial charge in [0.25, 0.3) is 0 Å². The van der Waals surface area contributed by atoms with Crippen molar-refractivity contribution in [2.24, 2.45) is 0 Å². The quantitative estimate of drug-likeness (QED) is 0.713. The van der Waals surface area contributed by atoms with Crippen molar-refractivity contribution in [2.75, 3.05) is 0 Å². The van der Waals surface area contributed by atoms with E-state index in [1.807, 2.05) is 48.5 Å². The lowest BCUT2D eigenvalue weighted by Gasteiger charge is -2.07. The molecule has 2 aromatic carbocycles. The normalized spacial score (nSPS) is 10.2. The molecular weight excluding hydrogens is 304 g/mol. The molecule has 0 aromatic heterocycles. The summed E-state index contributed by atoms with van der Waals surface area (Å²) < 4.78 is 10.2. The maximum atomic E-state index is 11.2. The van der Waals surface area contributed by atoms with Crippen LogP contribution in [0.1, 0.15) is 37.8 Å². The number of esters is 2. The molecule has 0 aliphatic carbocycles. The monoisotopic (exact) mass is 326 g/mol. The minimum Gasteiger partial charge on any atom is -0.461 e. The molecule has 4 nitrogen and oxygen atoms in total. The topological polar surface area (TPSA) is 52.6 Å². The molecule has 126 valence electrons. The van der Waals surface area contributed by atoms with Crippen molar-refractivity contribution in [3.8, 4) is 11.1 Å². The summed E-state index contributed by atoms with van der Waals surface area (Å²) in [6, 6.07) is 15.8. The Morgan fingerprint density at radius 2 is 1.00 bits per heavy atom. The predicted octanol–water partition coefficient (Wildman–Crippen LogP) is 4.26. The summed E-state index contributed by atoms with van der Waals surface area (Å²) in [5.74, 6) is -0.392. The van der Waals surface area contributed by atoms with Crippen LogP contribution in [0, 0.1) is 0 Å². The van der Waals surface area contributed by atoms with E-state index in [0.717, 1.165) is 22.3 Å². The SMILES string of the molecule is CCC(=O)OCc1ccc(-c2ccc(COC(=O)CC)cc2)cc1. The molecule has 0 bridgehead atoms. The van der Waals surface area contributed by atoms with Crippen LogP contribution in [-0.2, 0) is 32.3 Å². The van der Waals surface area contributed by atoms with Crippen LogP contribution in [0.25, 0.3) is 11.1 Å². The molecule has 0 aliphatic heterocycles. The molecule has 2 rings (SSSR count). The van der Waals surface area contributed by atoms with E-state index in [9.17, 15) is 9.59 Å². The molecule has 4 heteroatoms. The number of benzene rings is 2. The molecule has 0 heterocycles. The third-order valence-corrected chi connectivity index (χ3v) is 3.62. The Morgan fingerprint density at radius 3 is 1.29 bits per heavy atom. The van der Waals surface area contributed by atoms with Crippen LogP contribution >= 0.6 is 0 Å². The maximum absolute atomic E-state index is 11.2. The molecule has 0 saturated heterocycles. The van der Waals surface area contributed by atoms with Crippen LogP contribution in [-0.4, -0.2) is 11.9 Å². The van der Waals surface area contributed by atoms with Gasteiger partial charge < -0.3 is 9.47 Å². The molecule has 0 atom stereocenters. The van der Waals surface area contributed by atoms with Gasteiger partial charge in [0, 0.05) is 12.8 Å². The van der Waals surface area contributed by atoms with Gasteiger partial charge in [-0.15, -0.1) is 0 Å². The maximum Gasteiger partial charge on any atom is 0.305 e. The number of hydrogen-bond donors (Lipinski definition) is 0. The minimum absolute atomic E-state index is 0.196. The highest BCUT2D eigenvalue weighted by atomic mass is 16.5. The number of carbonyl (C=O) groups excluding carboxylic acids is 2. The summed E-state index contributed by atoms with van der Waals surface area (Å²) in [6.45, 7) is 4.15. The van der Waals surface area contributed by atoms with Gasteiger partial charge in [-0.25, -0.2) is 0 Å². The number of ether oxygens (including phenoxy) is 2. The van der Waals surface area contributed by atoms with Gasteiger partial charge in [-0.2, -0.15) is 0 Å². The molecule has 0 aliphatic rings. The number of rotatable bonds is 7. The second-order valence-electron chi connectivity index (χ2n) is 5.42. The third-order valence-electron chi connectivity index (χ3n) is 3.62. The largest absolute Gasteiger partial charge is 0.461 e. The van der Waals surface area contributed by atoms with E-state index in [1.165, 1.54) is 0 Å².